The molecule has 0 bridgehead atoms. The van der Waals surface area contributed by atoms with Crippen molar-refractivity contribution in [1.82, 2.24) is 0 Å². The Hall–Kier alpha value is -1.26. The highest BCUT2D eigenvalue weighted by Crippen LogP contribution is 2.21. The Balaban J connectivity index is 0.000000531. The zero-order valence-corrected chi connectivity index (χ0v) is 10.1. The van der Waals surface area contributed by atoms with Crippen molar-refractivity contribution < 1.29 is 0 Å². The van der Waals surface area contributed by atoms with Gasteiger partial charge < -0.3 is 0 Å². The maximum atomic E-state index is 4.00. The second-order valence-corrected chi connectivity index (χ2v) is 4.68. The average molecular weight is 216 g/mol. The summed E-state index contributed by atoms with van der Waals surface area (Å²) in [6.45, 7) is 4.52. The maximum absolute atomic E-state index is 4.00. The summed E-state index contributed by atoms with van der Waals surface area (Å²) in [5, 5.41) is 7.19. The summed E-state index contributed by atoms with van der Waals surface area (Å²) < 4.78 is 0. The van der Waals surface area contributed by atoms with Gasteiger partial charge in [0, 0.05) is 0 Å². The highest BCUT2D eigenvalue weighted by Gasteiger charge is 1.99. The second kappa shape index (κ2) is 5.58. The summed E-state index contributed by atoms with van der Waals surface area (Å²) >= 11 is 1.78. The molecular weight excluding hydrogens is 200 g/mol. The van der Waals surface area contributed by atoms with Gasteiger partial charge in [-0.2, -0.15) is 11.3 Å². The molecule has 15 heavy (non-hydrogen) atoms. The number of fused-ring (bicyclic) bond motifs is 1. The van der Waals surface area contributed by atoms with E-state index in [9.17, 15) is 0 Å². The van der Waals surface area contributed by atoms with Gasteiger partial charge in [0.25, 0.3) is 0 Å². The van der Waals surface area contributed by atoms with Crippen molar-refractivity contribution in [2.75, 3.05) is 0 Å². The smallest absolute Gasteiger partial charge is 0.00144 e. The first-order valence-corrected chi connectivity index (χ1v) is 5.98. The Morgan fingerprint density at radius 3 is 2.47 bits per heavy atom. The molecule has 0 nitrogen and oxygen atoms in total. The van der Waals surface area contributed by atoms with Crippen LogP contribution in [0.4, 0.5) is 0 Å². The molecule has 0 unspecified atom stereocenters. The number of hydrogen-bond acceptors (Lipinski definition) is 1. The summed E-state index contributed by atoms with van der Waals surface area (Å²) in [5.41, 5.74) is 1.46. The molecule has 0 saturated carbocycles. The molecule has 2 aromatic rings. The lowest BCUT2D eigenvalue weighted by molar-refractivity contribution is 0.648. The van der Waals surface area contributed by atoms with Gasteiger partial charge in [0.1, 0.15) is 0 Å². The largest absolute Gasteiger partial charge is 0.151 e. The summed E-state index contributed by atoms with van der Waals surface area (Å²) in [4.78, 5) is 0. The molecular formula is C14H16S. The second-order valence-electron chi connectivity index (χ2n) is 3.93. The molecule has 1 heteroatoms. The number of thiophene rings is 1. The lowest BCUT2D eigenvalue weighted by Crippen LogP contribution is -1.92. The minimum absolute atomic E-state index is 0.746. The topological polar surface area (TPSA) is 0 Å². The molecule has 1 aromatic carbocycles. The lowest BCUT2D eigenvalue weighted by Gasteiger charge is -2.04. The first-order chi connectivity index (χ1) is 7.25. The Labute approximate surface area is 95.9 Å². The van der Waals surface area contributed by atoms with Crippen molar-refractivity contribution in [3.63, 3.8) is 0 Å². The van der Waals surface area contributed by atoms with Gasteiger partial charge in [-0.1, -0.05) is 32.0 Å². The quantitative estimate of drug-likeness (QED) is 0.655. The van der Waals surface area contributed by atoms with Crippen LogP contribution in [0.25, 0.3) is 10.8 Å². The highest BCUT2D eigenvalue weighted by molar-refractivity contribution is 7.09. The van der Waals surface area contributed by atoms with E-state index in [4.69, 9.17) is 0 Å². The van der Waals surface area contributed by atoms with Gasteiger partial charge in [0.15, 0.2) is 0 Å². The molecule has 0 N–H and O–H groups in total. The van der Waals surface area contributed by atoms with Crippen LogP contribution < -0.4 is 0 Å². The molecule has 0 aliphatic rings. The summed E-state index contributed by atoms with van der Waals surface area (Å²) in [6, 6.07) is 6.78. The van der Waals surface area contributed by atoms with Crippen molar-refractivity contribution in [2.45, 2.75) is 20.3 Å². The highest BCUT2D eigenvalue weighted by atomic mass is 32.1. The number of rotatable bonds is 2. The number of benzene rings is 1. The third-order valence-corrected chi connectivity index (χ3v) is 2.97. The fraction of sp³-hybridized carbons (Fsp3) is 0.286. The molecule has 0 aliphatic heterocycles. The monoisotopic (exact) mass is 216 g/mol. The van der Waals surface area contributed by atoms with Gasteiger partial charge in [0.2, 0.25) is 0 Å². The van der Waals surface area contributed by atoms with E-state index in [1.807, 2.05) is 0 Å². The fourth-order valence-electron chi connectivity index (χ4n) is 1.61. The summed E-state index contributed by atoms with van der Waals surface area (Å²) in [5.74, 6) is 0.746. The van der Waals surface area contributed by atoms with Crippen LogP contribution in [-0.2, 0) is 6.42 Å². The van der Waals surface area contributed by atoms with Crippen molar-refractivity contribution in [2.24, 2.45) is 5.92 Å². The predicted molar refractivity (Wildman–Crippen MR) is 70.3 cm³/mol. The van der Waals surface area contributed by atoms with Crippen LogP contribution in [0, 0.1) is 18.8 Å². The van der Waals surface area contributed by atoms with E-state index in [2.05, 4.69) is 55.7 Å². The molecule has 0 amide bonds. The van der Waals surface area contributed by atoms with E-state index in [1.165, 1.54) is 22.8 Å². The SMILES string of the molecule is C#C.CC(C)Cc1ccc2cscc2c1. The van der Waals surface area contributed by atoms with Crippen molar-refractivity contribution in [3.8, 4) is 12.8 Å². The third kappa shape index (κ3) is 3.11. The van der Waals surface area contributed by atoms with Crippen molar-refractivity contribution in [1.29, 1.82) is 0 Å². The molecule has 78 valence electrons. The van der Waals surface area contributed by atoms with Crippen molar-refractivity contribution >= 4 is 22.1 Å². The molecule has 0 spiro atoms. The van der Waals surface area contributed by atoms with E-state index in [0.29, 0.717) is 0 Å². The molecule has 0 fully saturated rings. The zero-order chi connectivity index (χ0) is 11.3. The van der Waals surface area contributed by atoms with Crippen molar-refractivity contribution in [3.05, 3.63) is 34.5 Å². The molecule has 2 rings (SSSR count). The van der Waals surface area contributed by atoms with Gasteiger partial charge in [0.05, 0.1) is 0 Å². The first kappa shape index (κ1) is 11.8. The van der Waals surface area contributed by atoms with Crippen LogP contribution in [0.5, 0.6) is 0 Å². The van der Waals surface area contributed by atoms with Gasteiger partial charge in [-0.15, -0.1) is 12.8 Å². The van der Waals surface area contributed by atoms with Crippen LogP contribution >= 0.6 is 11.3 Å². The van der Waals surface area contributed by atoms with Crippen LogP contribution in [0.2, 0.25) is 0 Å². The lowest BCUT2D eigenvalue weighted by atomic mass is 10.0. The number of terminal acetylenes is 1. The minimum Gasteiger partial charge on any atom is -0.151 e. The van der Waals surface area contributed by atoms with E-state index in [1.54, 1.807) is 11.3 Å². The van der Waals surface area contributed by atoms with E-state index < -0.39 is 0 Å². The van der Waals surface area contributed by atoms with E-state index in [-0.39, 0.29) is 0 Å². The minimum atomic E-state index is 0.746. The van der Waals surface area contributed by atoms with Gasteiger partial charge in [-0.25, -0.2) is 0 Å². The Morgan fingerprint density at radius 2 is 1.80 bits per heavy atom. The van der Waals surface area contributed by atoms with Crippen LogP contribution in [0.15, 0.2) is 29.0 Å². The Morgan fingerprint density at radius 1 is 1.13 bits per heavy atom. The average Bonchev–Trinajstić information content (AvgIpc) is 2.67. The maximum Gasteiger partial charge on any atom is -0.00144 e. The molecule has 0 saturated heterocycles. The van der Waals surface area contributed by atoms with E-state index >= 15 is 0 Å². The van der Waals surface area contributed by atoms with Crippen LogP contribution in [0.1, 0.15) is 19.4 Å². The molecule has 0 aliphatic carbocycles. The van der Waals surface area contributed by atoms with Gasteiger partial charge in [-0.3, -0.25) is 0 Å². The first-order valence-electron chi connectivity index (χ1n) is 5.04. The standard InChI is InChI=1S/C12H14S.C2H2/c1-9(2)5-10-3-4-11-7-13-8-12(11)6-10;1-2/h3-4,6-9H,5H2,1-2H3;1-2H. The summed E-state index contributed by atoms with van der Waals surface area (Å²) in [7, 11) is 0. The molecule has 1 heterocycles. The van der Waals surface area contributed by atoms with E-state index in [0.717, 1.165) is 5.92 Å². The molecule has 0 radical (unpaired) electrons. The van der Waals surface area contributed by atoms with Crippen LogP contribution in [0.3, 0.4) is 0 Å². The number of hydrogen-bond donors (Lipinski definition) is 0. The summed E-state index contributed by atoms with van der Waals surface area (Å²) in [6.07, 6.45) is 9.19. The normalized spacial score (nSPS) is 9.93. The Kier molecular flexibility index (Phi) is 4.39. The molecule has 1 aromatic heterocycles. The Bertz CT molecular complexity index is 435. The predicted octanol–water partition coefficient (Wildman–Crippen LogP) is 4.35. The van der Waals surface area contributed by atoms with Crippen LogP contribution in [-0.4, -0.2) is 0 Å². The zero-order valence-electron chi connectivity index (χ0n) is 9.23. The van der Waals surface area contributed by atoms with Gasteiger partial charge in [-0.05, 0) is 39.4 Å². The van der Waals surface area contributed by atoms with Gasteiger partial charge >= 0.3 is 0 Å². The third-order valence-electron chi connectivity index (χ3n) is 2.19. The molecule has 0 atom stereocenters. The fourth-order valence-corrected chi connectivity index (χ4v) is 2.39.